The summed E-state index contributed by atoms with van der Waals surface area (Å²) in [6.45, 7) is 2.02. The molecule has 0 amide bonds. The molecule has 21 heavy (non-hydrogen) atoms. The Morgan fingerprint density at radius 1 is 1.24 bits per heavy atom. The Bertz CT molecular complexity index is 774. The van der Waals surface area contributed by atoms with Gasteiger partial charge < -0.3 is 0 Å². The smallest absolute Gasteiger partial charge is 0.207 e. The topological polar surface area (TPSA) is 37.4 Å². The fourth-order valence-corrected chi connectivity index (χ4v) is 5.69. The molecule has 0 aliphatic carbocycles. The highest BCUT2D eigenvalue weighted by molar-refractivity contribution is 9.11. The fraction of sp³-hybridized carbons (Fsp3) is 0.231. The van der Waals surface area contributed by atoms with Crippen LogP contribution in [-0.2, 0) is 16.6 Å². The summed E-state index contributed by atoms with van der Waals surface area (Å²) < 4.78 is 27.2. The number of thiophene rings is 1. The first kappa shape index (κ1) is 17.2. The maximum absolute atomic E-state index is 12.6. The molecular weight excluding hydrogens is 417 g/mol. The van der Waals surface area contributed by atoms with Crippen molar-refractivity contribution in [1.82, 2.24) is 4.31 Å². The van der Waals surface area contributed by atoms with Crippen LogP contribution in [0, 0.1) is 6.92 Å². The van der Waals surface area contributed by atoms with Gasteiger partial charge >= 0.3 is 0 Å². The highest BCUT2D eigenvalue weighted by Crippen LogP contribution is 2.32. The Labute approximate surface area is 146 Å². The van der Waals surface area contributed by atoms with Crippen LogP contribution in [0.3, 0.4) is 0 Å². The molecular formula is C13H12BrCl2NO2S2. The van der Waals surface area contributed by atoms with Crippen molar-refractivity contribution in [3.8, 4) is 0 Å². The molecule has 0 N–H and O–H groups in total. The molecule has 0 fully saturated rings. The zero-order valence-electron chi connectivity index (χ0n) is 11.2. The lowest BCUT2D eigenvalue weighted by atomic mass is 10.2. The molecule has 8 heteroatoms. The number of hydrogen-bond donors (Lipinski definition) is 0. The molecule has 0 saturated carbocycles. The van der Waals surface area contributed by atoms with Gasteiger partial charge in [-0.05, 0) is 46.6 Å². The van der Waals surface area contributed by atoms with Crippen LogP contribution in [0.1, 0.15) is 10.4 Å². The van der Waals surface area contributed by atoms with Gasteiger partial charge in [-0.2, -0.15) is 4.31 Å². The van der Waals surface area contributed by atoms with Gasteiger partial charge in [0.1, 0.15) is 0 Å². The molecule has 0 saturated heterocycles. The van der Waals surface area contributed by atoms with Crippen LogP contribution in [0.5, 0.6) is 0 Å². The third-order valence-corrected chi connectivity index (χ3v) is 7.27. The van der Waals surface area contributed by atoms with Gasteiger partial charge in [-0.3, -0.25) is 0 Å². The van der Waals surface area contributed by atoms with Crippen LogP contribution in [0.2, 0.25) is 10.0 Å². The zero-order chi connectivity index (χ0) is 15.8. The van der Waals surface area contributed by atoms with E-state index in [-0.39, 0.29) is 6.54 Å². The van der Waals surface area contributed by atoms with Crippen molar-refractivity contribution >= 4 is 60.5 Å². The lowest BCUT2D eigenvalue weighted by molar-refractivity contribution is 0.466. The summed E-state index contributed by atoms with van der Waals surface area (Å²) in [7, 11) is -1.99. The summed E-state index contributed by atoms with van der Waals surface area (Å²) in [5.41, 5.74) is 0.780. The molecule has 0 aliphatic heterocycles. The summed E-state index contributed by atoms with van der Waals surface area (Å²) >= 11 is 16.5. The molecule has 0 aliphatic rings. The third-order valence-electron chi connectivity index (χ3n) is 2.92. The number of benzene rings is 1. The standard InChI is InChI=1S/C13H12BrCl2NO2S2/c1-8-12(6-13(14)20-8)21(18,19)17(2)7-9-3-4-10(15)11(16)5-9/h3-6H,7H2,1-2H3. The van der Waals surface area contributed by atoms with Gasteiger partial charge in [0.15, 0.2) is 0 Å². The number of nitrogens with zero attached hydrogens (tertiary/aromatic N) is 1. The van der Waals surface area contributed by atoms with Crippen molar-refractivity contribution in [3.05, 3.63) is 48.5 Å². The first-order chi connectivity index (χ1) is 9.71. The second-order valence-corrected chi connectivity index (χ2v) is 9.94. The van der Waals surface area contributed by atoms with E-state index in [9.17, 15) is 8.42 Å². The SMILES string of the molecule is Cc1sc(Br)cc1S(=O)(=O)N(C)Cc1ccc(Cl)c(Cl)c1. The number of rotatable bonds is 4. The van der Waals surface area contributed by atoms with Crippen molar-refractivity contribution in [3.63, 3.8) is 0 Å². The van der Waals surface area contributed by atoms with Crippen LogP contribution in [0.25, 0.3) is 0 Å². The van der Waals surface area contributed by atoms with Gasteiger partial charge in [-0.25, -0.2) is 8.42 Å². The van der Waals surface area contributed by atoms with Crippen molar-refractivity contribution in [2.45, 2.75) is 18.4 Å². The van der Waals surface area contributed by atoms with Gasteiger partial charge in [-0.15, -0.1) is 11.3 Å². The molecule has 1 aromatic carbocycles. The van der Waals surface area contributed by atoms with Crippen LogP contribution in [0.4, 0.5) is 0 Å². The predicted molar refractivity (Wildman–Crippen MR) is 91.9 cm³/mol. The van der Waals surface area contributed by atoms with Crippen LogP contribution >= 0.6 is 50.5 Å². The van der Waals surface area contributed by atoms with Gasteiger partial charge in [0, 0.05) is 18.5 Å². The van der Waals surface area contributed by atoms with E-state index in [2.05, 4.69) is 15.9 Å². The molecule has 114 valence electrons. The summed E-state index contributed by atoms with van der Waals surface area (Å²) in [5.74, 6) is 0. The van der Waals surface area contributed by atoms with E-state index in [4.69, 9.17) is 23.2 Å². The Hall–Kier alpha value is -0.110. The van der Waals surface area contributed by atoms with Gasteiger partial charge in [-0.1, -0.05) is 29.3 Å². The summed E-state index contributed by atoms with van der Waals surface area (Å²) in [6, 6.07) is 6.72. The molecule has 0 atom stereocenters. The Kier molecular flexibility index (Phi) is 5.39. The molecule has 3 nitrogen and oxygen atoms in total. The van der Waals surface area contributed by atoms with Crippen LogP contribution in [0.15, 0.2) is 32.9 Å². The minimum atomic E-state index is -3.53. The van der Waals surface area contributed by atoms with E-state index in [0.717, 1.165) is 14.2 Å². The average Bonchev–Trinajstić information content (AvgIpc) is 2.73. The van der Waals surface area contributed by atoms with Crippen molar-refractivity contribution in [2.75, 3.05) is 7.05 Å². The second kappa shape index (κ2) is 6.56. The number of halogens is 3. The quantitative estimate of drug-likeness (QED) is 0.690. The minimum absolute atomic E-state index is 0.228. The maximum Gasteiger partial charge on any atom is 0.244 e. The van der Waals surface area contributed by atoms with Crippen LogP contribution in [-0.4, -0.2) is 19.8 Å². The Morgan fingerprint density at radius 3 is 2.43 bits per heavy atom. The van der Waals surface area contributed by atoms with E-state index < -0.39 is 10.0 Å². The summed E-state index contributed by atoms with van der Waals surface area (Å²) in [5, 5.41) is 0.859. The second-order valence-electron chi connectivity index (χ2n) is 4.48. The van der Waals surface area contributed by atoms with Gasteiger partial charge in [0.2, 0.25) is 10.0 Å². The van der Waals surface area contributed by atoms with Crippen molar-refractivity contribution in [1.29, 1.82) is 0 Å². The highest BCUT2D eigenvalue weighted by atomic mass is 79.9. The number of sulfonamides is 1. The first-order valence-corrected chi connectivity index (χ1v) is 9.68. The molecule has 0 bridgehead atoms. The summed E-state index contributed by atoms with van der Waals surface area (Å²) in [6.07, 6.45) is 0. The molecule has 2 aromatic rings. The minimum Gasteiger partial charge on any atom is -0.207 e. The Balaban J connectivity index is 2.28. The fourth-order valence-electron chi connectivity index (χ4n) is 1.83. The monoisotopic (exact) mass is 427 g/mol. The molecule has 2 rings (SSSR count). The van der Waals surface area contributed by atoms with E-state index in [1.54, 1.807) is 38.2 Å². The van der Waals surface area contributed by atoms with E-state index in [1.807, 2.05) is 0 Å². The van der Waals surface area contributed by atoms with Crippen LogP contribution < -0.4 is 0 Å². The lowest BCUT2D eigenvalue weighted by Gasteiger charge is -2.17. The third kappa shape index (κ3) is 3.81. The normalized spacial score (nSPS) is 12.1. The van der Waals surface area contributed by atoms with Gasteiger partial charge in [0.25, 0.3) is 0 Å². The number of hydrogen-bond acceptors (Lipinski definition) is 3. The molecule has 0 unspecified atom stereocenters. The van der Waals surface area contributed by atoms with E-state index >= 15 is 0 Å². The molecule has 1 aromatic heterocycles. The summed E-state index contributed by atoms with van der Waals surface area (Å²) in [4.78, 5) is 1.07. The lowest BCUT2D eigenvalue weighted by Crippen LogP contribution is -2.26. The largest absolute Gasteiger partial charge is 0.244 e. The molecule has 0 radical (unpaired) electrons. The Morgan fingerprint density at radius 2 is 1.90 bits per heavy atom. The maximum atomic E-state index is 12.6. The van der Waals surface area contributed by atoms with E-state index in [1.165, 1.54) is 15.6 Å². The average molecular weight is 429 g/mol. The van der Waals surface area contributed by atoms with Gasteiger partial charge in [0.05, 0.1) is 18.7 Å². The molecule has 1 heterocycles. The van der Waals surface area contributed by atoms with Crippen molar-refractivity contribution < 1.29 is 8.42 Å². The number of aryl methyl sites for hydroxylation is 1. The predicted octanol–water partition coefficient (Wildman–Crippen LogP) is 4.95. The van der Waals surface area contributed by atoms with E-state index in [0.29, 0.717) is 14.9 Å². The first-order valence-electron chi connectivity index (χ1n) is 5.88. The molecule has 0 spiro atoms. The highest BCUT2D eigenvalue weighted by Gasteiger charge is 2.24. The van der Waals surface area contributed by atoms with Crippen molar-refractivity contribution in [2.24, 2.45) is 0 Å². The zero-order valence-corrected chi connectivity index (χ0v) is 16.0.